The van der Waals surface area contributed by atoms with Crippen LogP contribution in [0.25, 0.3) is 0 Å². The Balaban J connectivity index is 1.47. The highest BCUT2D eigenvalue weighted by Crippen LogP contribution is 2.33. The number of hydrogen-bond donors (Lipinski definition) is 1. The number of amides is 1. The second kappa shape index (κ2) is 8.71. The molecule has 2 unspecified atom stereocenters. The molecular weight excluding hydrogens is 390 g/mol. The van der Waals surface area contributed by atoms with Gasteiger partial charge in [0.05, 0.1) is 10.6 Å². The predicted molar refractivity (Wildman–Crippen MR) is 112 cm³/mol. The van der Waals surface area contributed by atoms with E-state index < -0.39 is 6.10 Å². The Morgan fingerprint density at radius 1 is 1.21 bits per heavy atom. The molecule has 8 heteroatoms. The van der Waals surface area contributed by atoms with Crippen molar-refractivity contribution in [2.24, 2.45) is 13.0 Å². The molecule has 2 aromatic rings. The van der Waals surface area contributed by atoms with Gasteiger partial charge in [-0.05, 0) is 38.2 Å². The summed E-state index contributed by atoms with van der Waals surface area (Å²) >= 11 is 6.54. The van der Waals surface area contributed by atoms with Crippen molar-refractivity contribution >= 4 is 23.3 Å². The number of hydrogen-bond acceptors (Lipinski definition) is 5. The third-order valence-electron chi connectivity index (χ3n) is 6.04. The molecule has 2 aliphatic rings. The second-order valence-corrected chi connectivity index (χ2v) is 8.48. The van der Waals surface area contributed by atoms with Gasteiger partial charge < -0.3 is 19.5 Å². The number of imidazole rings is 1. The maximum Gasteiger partial charge on any atom is 0.255 e. The highest BCUT2D eigenvalue weighted by molar-refractivity contribution is 6.33. The Kier molecular flexibility index (Phi) is 6.06. The normalized spacial score (nSPS) is 21.3. The molecule has 1 amide bonds. The molecule has 0 aromatic carbocycles. The highest BCUT2D eigenvalue weighted by atomic mass is 35.5. The van der Waals surface area contributed by atoms with Crippen LogP contribution in [0.15, 0.2) is 24.7 Å². The van der Waals surface area contributed by atoms with E-state index in [-0.39, 0.29) is 11.8 Å². The first-order chi connectivity index (χ1) is 14.0. The number of aliphatic hydroxyl groups is 1. The first-order valence-electron chi connectivity index (χ1n) is 10.4. The van der Waals surface area contributed by atoms with Gasteiger partial charge in [0, 0.05) is 57.7 Å². The average molecular weight is 418 g/mol. The van der Waals surface area contributed by atoms with Crippen LogP contribution in [0.2, 0.25) is 5.02 Å². The van der Waals surface area contributed by atoms with E-state index in [4.69, 9.17) is 11.6 Å². The molecule has 0 aliphatic carbocycles. The molecule has 156 valence electrons. The van der Waals surface area contributed by atoms with Crippen LogP contribution in [-0.2, 0) is 7.05 Å². The van der Waals surface area contributed by atoms with Crippen molar-refractivity contribution in [1.29, 1.82) is 0 Å². The fourth-order valence-corrected chi connectivity index (χ4v) is 4.68. The largest absolute Gasteiger partial charge is 0.385 e. The van der Waals surface area contributed by atoms with Gasteiger partial charge in [-0.3, -0.25) is 4.79 Å². The van der Waals surface area contributed by atoms with Crippen LogP contribution in [0.4, 0.5) is 5.82 Å². The van der Waals surface area contributed by atoms with Crippen molar-refractivity contribution in [3.63, 3.8) is 0 Å². The molecule has 0 spiro atoms. The molecule has 0 saturated carbocycles. The SMILES string of the molecule is Cn1ccnc1C(O)C1CCCN(c2ncc(C(=O)N3CCCCC3)cc2Cl)C1. The van der Waals surface area contributed by atoms with Gasteiger partial charge in [0.2, 0.25) is 0 Å². The molecule has 2 aromatic heterocycles. The number of aryl methyl sites for hydroxylation is 1. The summed E-state index contributed by atoms with van der Waals surface area (Å²) in [6.45, 7) is 3.09. The molecule has 2 fully saturated rings. The van der Waals surface area contributed by atoms with Gasteiger partial charge in [-0.2, -0.15) is 0 Å². The summed E-state index contributed by atoms with van der Waals surface area (Å²) in [7, 11) is 1.89. The fraction of sp³-hybridized carbons (Fsp3) is 0.571. The van der Waals surface area contributed by atoms with E-state index in [1.807, 2.05) is 22.7 Å². The van der Waals surface area contributed by atoms with Gasteiger partial charge in [0.25, 0.3) is 5.91 Å². The minimum Gasteiger partial charge on any atom is -0.385 e. The fourth-order valence-electron chi connectivity index (χ4n) is 4.39. The van der Waals surface area contributed by atoms with Crippen molar-refractivity contribution in [3.05, 3.63) is 41.1 Å². The zero-order chi connectivity index (χ0) is 20.4. The lowest BCUT2D eigenvalue weighted by Gasteiger charge is -2.36. The van der Waals surface area contributed by atoms with Crippen LogP contribution in [0.1, 0.15) is 54.4 Å². The van der Waals surface area contributed by atoms with Crippen LogP contribution in [0.3, 0.4) is 0 Å². The number of aliphatic hydroxyl groups excluding tert-OH is 1. The summed E-state index contributed by atoms with van der Waals surface area (Å²) in [6.07, 6.45) is 9.71. The van der Waals surface area contributed by atoms with Gasteiger partial charge >= 0.3 is 0 Å². The second-order valence-electron chi connectivity index (χ2n) is 8.07. The first kappa shape index (κ1) is 20.2. The van der Waals surface area contributed by atoms with E-state index in [9.17, 15) is 9.90 Å². The number of pyridine rings is 1. The highest BCUT2D eigenvalue weighted by Gasteiger charge is 2.30. The Labute approximate surface area is 176 Å². The number of carbonyl (C=O) groups excluding carboxylic acids is 1. The van der Waals surface area contributed by atoms with E-state index in [0.717, 1.165) is 45.3 Å². The Bertz CT molecular complexity index is 865. The molecular formula is C21H28ClN5O2. The van der Waals surface area contributed by atoms with Crippen LogP contribution in [0, 0.1) is 5.92 Å². The predicted octanol–water partition coefficient (Wildman–Crippen LogP) is 3.04. The summed E-state index contributed by atoms with van der Waals surface area (Å²) < 4.78 is 1.86. The summed E-state index contributed by atoms with van der Waals surface area (Å²) in [5.41, 5.74) is 0.544. The molecule has 0 radical (unpaired) electrons. The van der Waals surface area contributed by atoms with Crippen LogP contribution < -0.4 is 4.90 Å². The van der Waals surface area contributed by atoms with Crippen molar-refractivity contribution < 1.29 is 9.90 Å². The summed E-state index contributed by atoms with van der Waals surface area (Å²) in [4.78, 5) is 25.5. The van der Waals surface area contributed by atoms with Crippen LogP contribution in [0.5, 0.6) is 0 Å². The van der Waals surface area contributed by atoms with Crippen molar-refractivity contribution in [3.8, 4) is 0 Å². The topological polar surface area (TPSA) is 74.5 Å². The lowest BCUT2D eigenvalue weighted by molar-refractivity contribution is 0.0724. The third-order valence-corrected chi connectivity index (χ3v) is 6.32. The van der Waals surface area contributed by atoms with Gasteiger partial charge in [0.15, 0.2) is 0 Å². The van der Waals surface area contributed by atoms with E-state index in [2.05, 4.69) is 14.9 Å². The van der Waals surface area contributed by atoms with Crippen molar-refractivity contribution in [2.75, 3.05) is 31.1 Å². The quantitative estimate of drug-likeness (QED) is 0.827. The lowest BCUT2D eigenvalue weighted by Crippen LogP contribution is -2.39. The Morgan fingerprint density at radius 3 is 2.69 bits per heavy atom. The number of carbonyl (C=O) groups is 1. The number of piperidine rings is 2. The summed E-state index contributed by atoms with van der Waals surface area (Å²) in [6, 6.07) is 1.74. The molecule has 2 aliphatic heterocycles. The first-order valence-corrected chi connectivity index (χ1v) is 10.8. The number of anilines is 1. The smallest absolute Gasteiger partial charge is 0.255 e. The Morgan fingerprint density at radius 2 is 2.00 bits per heavy atom. The van der Waals surface area contributed by atoms with Gasteiger partial charge in [-0.15, -0.1) is 0 Å². The number of likely N-dealkylation sites (tertiary alicyclic amines) is 1. The monoisotopic (exact) mass is 417 g/mol. The minimum atomic E-state index is -0.628. The van der Waals surface area contributed by atoms with Crippen molar-refractivity contribution in [1.82, 2.24) is 19.4 Å². The molecule has 0 bridgehead atoms. The van der Waals surface area contributed by atoms with Gasteiger partial charge in [0.1, 0.15) is 17.7 Å². The number of nitrogens with zero attached hydrogens (tertiary/aromatic N) is 5. The molecule has 4 heterocycles. The zero-order valence-corrected chi connectivity index (χ0v) is 17.6. The zero-order valence-electron chi connectivity index (χ0n) is 16.8. The van der Waals surface area contributed by atoms with Gasteiger partial charge in [-0.1, -0.05) is 11.6 Å². The van der Waals surface area contributed by atoms with E-state index in [1.54, 1.807) is 18.5 Å². The maximum absolute atomic E-state index is 12.7. The van der Waals surface area contributed by atoms with E-state index >= 15 is 0 Å². The molecule has 1 N–H and O–H groups in total. The summed E-state index contributed by atoms with van der Waals surface area (Å²) in [5, 5.41) is 11.3. The molecule has 29 heavy (non-hydrogen) atoms. The number of rotatable bonds is 4. The van der Waals surface area contributed by atoms with Gasteiger partial charge in [-0.25, -0.2) is 9.97 Å². The molecule has 7 nitrogen and oxygen atoms in total. The van der Waals surface area contributed by atoms with Crippen LogP contribution >= 0.6 is 11.6 Å². The lowest BCUT2D eigenvalue weighted by atomic mass is 9.92. The Hall–Kier alpha value is -2.12. The van der Waals surface area contributed by atoms with E-state index in [0.29, 0.717) is 28.8 Å². The minimum absolute atomic E-state index is 0.00683. The number of halogens is 1. The summed E-state index contributed by atoms with van der Waals surface area (Å²) in [5.74, 6) is 1.42. The number of aromatic nitrogens is 3. The van der Waals surface area contributed by atoms with E-state index in [1.165, 1.54) is 6.42 Å². The molecule has 4 rings (SSSR count). The molecule has 2 saturated heterocycles. The standard InChI is InChI=1S/C21H28ClN5O2/c1-25-11-7-23-20(25)18(28)15-6-5-10-27(14-15)19-17(22)12-16(13-24-19)21(29)26-8-3-2-4-9-26/h7,11-13,15,18,28H,2-6,8-10,14H2,1H3. The van der Waals surface area contributed by atoms with Crippen LogP contribution in [-0.4, -0.2) is 56.6 Å². The third kappa shape index (κ3) is 4.26. The average Bonchev–Trinajstić information content (AvgIpc) is 3.19. The van der Waals surface area contributed by atoms with Crippen molar-refractivity contribution in [2.45, 2.75) is 38.2 Å². The maximum atomic E-state index is 12.7. The molecule has 2 atom stereocenters.